The highest BCUT2D eigenvalue weighted by Gasteiger charge is 2.32. The fourth-order valence-corrected chi connectivity index (χ4v) is 4.68. The van der Waals surface area contributed by atoms with Crippen LogP contribution in [0.25, 0.3) is 0 Å². The fourth-order valence-electron chi connectivity index (χ4n) is 3.21. The van der Waals surface area contributed by atoms with Crippen molar-refractivity contribution in [2.45, 2.75) is 32.6 Å². The Morgan fingerprint density at radius 2 is 1.47 bits per heavy atom. The zero-order chi connectivity index (χ0) is 23.3. The molecule has 3 aromatic carbocycles. The lowest BCUT2D eigenvalue weighted by atomic mass is 10.1. The summed E-state index contributed by atoms with van der Waals surface area (Å²) in [4.78, 5) is 13.4. The molecule has 0 N–H and O–H groups in total. The normalized spacial score (nSPS) is 11.1. The van der Waals surface area contributed by atoms with Gasteiger partial charge in [-0.15, -0.1) is 0 Å². The fraction of sp³-hybridized carbons (Fsp3) is 0.240. The number of sulfonamides is 1. The molecule has 32 heavy (non-hydrogen) atoms. The Balaban J connectivity index is 2.00. The maximum absolute atomic E-state index is 13.6. The lowest BCUT2D eigenvalue weighted by Gasteiger charge is -2.25. The summed E-state index contributed by atoms with van der Waals surface area (Å²) in [6.07, 6.45) is 0. The molecule has 3 aromatic rings. The number of benzene rings is 3. The number of hydrogen-bond donors (Lipinski definition) is 0. The maximum Gasteiger partial charge on any atom is 0.278 e. The highest BCUT2D eigenvalue weighted by atomic mass is 32.2. The van der Waals surface area contributed by atoms with Crippen LogP contribution >= 0.6 is 0 Å². The average molecular weight is 454 g/mol. The van der Waals surface area contributed by atoms with Crippen molar-refractivity contribution in [3.8, 4) is 11.5 Å². The van der Waals surface area contributed by atoms with E-state index in [-0.39, 0.29) is 4.90 Å². The van der Waals surface area contributed by atoms with Crippen LogP contribution in [0.3, 0.4) is 0 Å². The minimum Gasteiger partial charge on any atom is -0.490 e. The predicted molar refractivity (Wildman–Crippen MR) is 125 cm³/mol. The van der Waals surface area contributed by atoms with Crippen LogP contribution < -0.4 is 13.8 Å². The Morgan fingerprint density at radius 3 is 2.09 bits per heavy atom. The van der Waals surface area contributed by atoms with Gasteiger partial charge in [-0.3, -0.25) is 4.79 Å². The standard InChI is InChI=1S/C25H27NO5S/c1-5-30-23-11-6-7-12-24(23)31-17-25(27)26(22-10-8-9-19(3)20(22)4)32(28,29)21-15-13-18(2)14-16-21/h6-16H,5,17H2,1-4H3. The van der Waals surface area contributed by atoms with E-state index in [2.05, 4.69) is 0 Å². The van der Waals surface area contributed by atoms with Crippen molar-refractivity contribution in [3.63, 3.8) is 0 Å². The first kappa shape index (κ1) is 23.3. The first-order chi connectivity index (χ1) is 15.3. The number of nitrogens with zero attached hydrogens (tertiary/aromatic N) is 1. The number of rotatable bonds is 8. The van der Waals surface area contributed by atoms with Crippen LogP contribution in [-0.4, -0.2) is 27.5 Å². The second-order valence-corrected chi connectivity index (χ2v) is 9.15. The van der Waals surface area contributed by atoms with E-state index < -0.39 is 22.5 Å². The maximum atomic E-state index is 13.6. The van der Waals surface area contributed by atoms with Gasteiger partial charge < -0.3 is 9.47 Å². The molecule has 168 valence electrons. The average Bonchev–Trinajstić information content (AvgIpc) is 2.76. The molecule has 1 amide bonds. The predicted octanol–water partition coefficient (Wildman–Crippen LogP) is 4.81. The number of amides is 1. The molecular formula is C25H27NO5S. The summed E-state index contributed by atoms with van der Waals surface area (Å²) in [6.45, 7) is 7.34. The second kappa shape index (κ2) is 9.87. The number of ether oxygens (including phenoxy) is 2. The Labute approximate surface area is 189 Å². The Morgan fingerprint density at radius 1 is 0.844 bits per heavy atom. The second-order valence-electron chi connectivity index (χ2n) is 7.36. The van der Waals surface area contributed by atoms with E-state index in [1.165, 1.54) is 12.1 Å². The highest BCUT2D eigenvalue weighted by Crippen LogP contribution is 2.30. The minimum absolute atomic E-state index is 0.0343. The van der Waals surface area contributed by atoms with Crippen molar-refractivity contribution in [2.24, 2.45) is 0 Å². The van der Waals surface area contributed by atoms with Gasteiger partial charge >= 0.3 is 0 Å². The van der Waals surface area contributed by atoms with Crippen LogP contribution in [0.5, 0.6) is 11.5 Å². The van der Waals surface area contributed by atoms with Crippen LogP contribution in [-0.2, 0) is 14.8 Å². The molecule has 0 atom stereocenters. The van der Waals surface area contributed by atoms with Gasteiger partial charge in [0, 0.05) is 0 Å². The summed E-state index contributed by atoms with van der Waals surface area (Å²) < 4.78 is 39.2. The van der Waals surface area contributed by atoms with E-state index >= 15 is 0 Å². The molecule has 0 radical (unpaired) electrons. The molecular weight excluding hydrogens is 426 g/mol. The Hall–Kier alpha value is -3.32. The number of anilines is 1. The van der Waals surface area contributed by atoms with Gasteiger partial charge in [-0.2, -0.15) is 4.31 Å². The molecule has 0 heterocycles. The molecule has 0 unspecified atom stereocenters. The van der Waals surface area contributed by atoms with E-state index in [0.29, 0.717) is 29.4 Å². The smallest absolute Gasteiger partial charge is 0.278 e. The summed E-state index contributed by atoms with van der Waals surface area (Å²) in [5.74, 6) is 0.157. The molecule has 6 nitrogen and oxygen atoms in total. The number of para-hydroxylation sites is 2. The van der Waals surface area contributed by atoms with E-state index in [1.807, 2.05) is 26.8 Å². The molecule has 0 aliphatic carbocycles. The first-order valence-electron chi connectivity index (χ1n) is 10.3. The molecule has 0 saturated heterocycles. The molecule has 0 aromatic heterocycles. The van der Waals surface area contributed by atoms with Gasteiger partial charge in [0.2, 0.25) is 0 Å². The minimum atomic E-state index is -4.16. The van der Waals surface area contributed by atoms with Crippen LogP contribution in [0.1, 0.15) is 23.6 Å². The zero-order valence-corrected chi connectivity index (χ0v) is 19.5. The molecule has 0 aliphatic heterocycles. The lowest BCUT2D eigenvalue weighted by Crippen LogP contribution is -2.40. The molecule has 7 heteroatoms. The van der Waals surface area contributed by atoms with Crippen LogP contribution in [0.2, 0.25) is 0 Å². The topological polar surface area (TPSA) is 72.9 Å². The van der Waals surface area contributed by atoms with Crippen molar-refractivity contribution in [1.29, 1.82) is 0 Å². The number of carbonyl (C=O) groups excluding carboxylic acids is 1. The van der Waals surface area contributed by atoms with Gasteiger partial charge in [-0.25, -0.2) is 8.42 Å². The third-order valence-corrected chi connectivity index (χ3v) is 6.83. The van der Waals surface area contributed by atoms with Crippen LogP contribution in [0.4, 0.5) is 5.69 Å². The molecule has 0 fully saturated rings. The SMILES string of the molecule is CCOc1ccccc1OCC(=O)N(c1cccc(C)c1C)S(=O)(=O)c1ccc(C)cc1. The van der Waals surface area contributed by atoms with E-state index in [9.17, 15) is 13.2 Å². The van der Waals surface area contributed by atoms with E-state index in [1.54, 1.807) is 55.5 Å². The van der Waals surface area contributed by atoms with Gasteiger partial charge in [-0.1, -0.05) is 42.0 Å². The molecule has 0 bridgehead atoms. The summed E-state index contributed by atoms with van der Waals surface area (Å²) in [5, 5.41) is 0. The van der Waals surface area contributed by atoms with Gasteiger partial charge in [0.15, 0.2) is 18.1 Å². The third kappa shape index (κ3) is 4.94. The van der Waals surface area contributed by atoms with E-state index in [4.69, 9.17) is 9.47 Å². The quantitative estimate of drug-likeness (QED) is 0.489. The van der Waals surface area contributed by atoms with E-state index in [0.717, 1.165) is 15.4 Å². The van der Waals surface area contributed by atoms with Gasteiger partial charge in [0.05, 0.1) is 17.2 Å². The van der Waals surface area contributed by atoms with Gasteiger partial charge in [0.1, 0.15) is 0 Å². The summed E-state index contributed by atoms with van der Waals surface area (Å²) >= 11 is 0. The van der Waals surface area contributed by atoms with Crippen LogP contribution in [0.15, 0.2) is 71.6 Å². The zero-order valence-electron chi connectivity index (χ0n) is 18.7. The Kier molecular flexibility index (Phi) is 7.20. The van der Waals surface area contributed by atoms with Gasteiger partial charge in [-0.05, 0) is 69.2 Å². The van der Waals surface area contributed by atoms with Crippen molar-refractivity contribution >= 4 is 21.6 Å². The summed E-state index contributed by atoms with van der Waals surface area (Å²) in [7, 11) is -4.16. The molecule has 0 aliphatic rings. The Bertz CT molecular complexity index is 1200. The van der Waals surface area contributed by atoms with Crippen molar-refractivity contribution in [2.75, 3.05) is 17.5 Å². The number of hydrogen-bond acceptors (Lipinski definition) is 5. The number of carbonyl (C=O) groups is 1. The highest BCUT2D eigenvalue weighted by molar-refractivity contribution is 7.93. The first-order valence-corrected chi connectivity index (χ1v) is 11.8. The molecule has 3 rings (SSSR count). The lowest BCUT2D eigenvalue weighted by molar-refractivity contribution is -0.119. The number of aryl methyl sites for hydroxylation is 2. The summed E-state index contributed by atoms with van der Waals surface area (Å²) in [5.41, 5.74) is 2.80. The van der Waals surface area contributed by atoms with Gasteiger partial charge in [0.25, 0.3) is 15.9 Å². The molecule has 0 spiro atoms. The largest absolute Gasteiger partial charge is 0.490 e. The van der Waals surface area contributed by atoms with Crippen molar-refractivity contribution in [3.05, 3.63) is 83.4 Å². The molecule has 0 saturated carbocycles. The van der Waals surface area contributed by atoms with Crippen molar-refractivity contribution in [1.82, 2.24) is 0 Å². The van der Waals surface area contributed by atoms with Crippen molar-refractivity contribution < 1.29 is 22.7 Å². The van der Waals surface area contributed by atoms with Crippen LogP contribution in [0, 0.1) is 20.8 Å². The third-order valence-electron chi connectivity index (χ3n) is 5.08. The monoisotopic (exact) mass is 453 g/mol. The summed E-state index contributed by atoms with van der Waals surface area (Å²) in [6, 6.07) is 18.6.